The van der Waals surface area contributed by atoms with Crippen molar-refractivity contribution in [3.05, 3.63) is 64.7 Å². The summed E-state index contributed by atoms with van der Waals surface area (Å²) in [4.78, 5) is 27.3. The van der Waals surface area contributed by atoms with E-state index in [0.717, 1.165) is 56.1 Å². The number of hydrogen-bond acceptors (Lipinski definition) is 4. The highest BCUT2D eigenvalue weighted by molar-refractivity contribution is 7.91. The zero-order valence-electron chi connectivity index (χ0n) is 18.8. The number of rotatable bonds is 9. The van der Waals surface area contributed by atoms with Gasteiger partial charge in [-0.2, -0.15) is 0 Å². The summed E-state index contributed by atoms with van der Waals surface area (Å²) >= 11 is 0. The van der Waals surface area contributed by atoms with Gasteiger partial charge in [0.05, 0.1) is 10.6 Å². The summed E-state index contributed by atoms with van der Waals surface area (Å²) in [5.74, 6) is -0.359. The number of sulfone groups is 1. The summed E-state index contributed by atoms with van der Waals surface area (Å²) in [6.07, 6.45) is 6.98. The number of hydrogen-bond donors (Lipinski definition) is 1. The number of benzene rings is 2. The summed E-state index contributed by atoms with van der Waals surface area (Å²) in [6, 6.07) is 13.2. The Labute approximate surface area is 195 Å². The van der Waals surface area contributed by atoms with Crippen molar-refractivity contribution in [1.29, 1.82) is 0 Å². The summed E-state index contributed by atoms with van der Waals surface area (Å²) in [7, 11) is -3.50. The fraction of sp³-hybridized carbons (Fsp3) is 0.462. The van der Waals surface area contributed by atoms with Crippen LogP contribution in [0.3, 0.4) is 0 Å². The molecule has 1 N–H and O–H groups in total. The quantitative estimate of drug-likeness (QED) is 0.614. The van der Waals surface area contributed by atoms with E-state index in [1.165, 1.54) is 5.56 Å². The smallest absolute Gasteiger partial charge is 0.251 e. The molecular formula is C26H30N2O4S. The van der Waals surface area contributed by atoms with Gasteiger partial charge in [-0.15, -0.1) is 0 Å². The van der Waals surface area contributed by atoms with E-state index >= 15 is 0 Å². The van der Waals surface area contributed by atoms with Gasteiger partial charge in [0.2, 0.25) is 5.91 Å². The number of carbonyl (C=O) groups is 2. The second-order valence-electron chi connectivity index (χ2n) is 9.55. The molecule has 0 bridgehead atoms. The number of nitrogens with zero attached hydrogens (tertiary/aromatic N) is 1. The molecule has 0 unspecified atom stereocenters. The molecule has 2 saturated carbocycles. The van der Waals surface area contributed by atoms with Crippen LogP contribution in [0.1, 0.15) is 65.6 Å². The van der Waals surface area contributed by atoms with Crippen LogP contribution in [-0.2, 0) is 34.0 Å². The topological polar surface area (TPSA) is 83.6 Å². The number of carbonyl (C=O) groups excluding carboxylic acids is 2. The minimum absolute atomic E-state index is 0.0161. The monoisotopic (exact) mass is 466 g/mol. The number of amides is 2. The standard InChI is InChI=1S/C26H30N2O4S/c29-25(14-15-33(31,32)24-13-8-19-2-1-3-21(19)16-24)28(23-11-12-23)17-18-4-6-20(7-5-18)26(30)27-22-9-10-22/h4-8,13,16,22-23H,1-3,9-12,14-15,17H2,(H,27,30). The second-order valence-corrected chi connectivity index (χ2v) is 11.7. The van der Waals surface area contributed by atoms with Gasteiger partial charge in [0.1, 0.15) is 0 Å². The molecule has 2 fully saturated rings. The second kappa shape index (κ2) is 8.93. The van der Waals surface area contributed by atoms with Gasteiger partial charge in [-0.25, -0.2) is 8.42 Å². The summed E-state index contributed by atoms with van der Waals surface area (Å²) in [6.45, 7) is 0.437. The van der Waals surface area contributed by atoms with Crippen LogP contribution in [0.25, 0.3) is 0 Å². The van der Waals surface area contributed by atoms with E-state index in [-0.39, 0.29) is 30.0 Å². The Bertz CT molecular complexity index is 1170. The zero-order valence-corrected chi connectivity index (χ0v) is 19.6. The first-order chi connectivity index (χ1) is 15.9. The lowest BCUT2D eigenvalue weighted by molar-refractivity contribution is -0.132. The Kier molecular flexibility index (Phi) is 5.99. The van der Waals surface area contributed by atoms with Crippen LogP contribution in [0.4, 0.5) is 0 Å². The number of nitrogens with one attached hydrogen (secondary N) is 1. The highest BCUT2D eigenvalue weighted by Gasteiger charge is 2.33. The average molecular weight is 467 g/mol. The Morgan fingerprint density at radius 2 is 1.67 bits per heavy atom. The third kappa shape index (κ3) is 5.29. The summed E-state index contributed by atoms with van der Waals surface area (Å²) in [5.41, 5.74) is 3.92. The Balaban J connectivity index is 1.20. The molecular weight excluding hydrogens is 436 g/mol. The van der Waals surface area contributed by atoms with Crippen LogP contribution in [0, 0.1) is 0 Å². The van der Waals surface area contributed by atoms with Crippen LogP contribution >= 0.6 is 0 Å². The lowest BCUT2D eigenvalue weighted by Crippen LogP contribution is -2.33. The van der Waals surface area contributed by atoms with Gasteiger partial charge in [0.25, 0.3) is 5.91 Å². The third-order valence-electron chi connectivity index (χ3n) is 6.80. The molecule has 3 aliphatic rings. The molecule has 0 aliphatic heterocycles. The van der Waals surface area contributed by atoms with Gasteiger partial charge < -0.3 is 10.2 Å². The summed E-state index contributed by atoms with van der Waals surface area (Å²) in [5, 5.41) is 2.97. The van der Waals surface area contributed by atoms with Gasteiger partial charge in [-0.05, 0) is 85.9 Å². The maximum atomic E-state index is 13.0. The Hall–Kier alpha value is -2.67. The molecule has 0 saturated heterocycles. The molecule has 174 valence electrons. The van der Waals surface area contributed by atoms with E-state index in [1.807, 2.05) is 18.2 Å². The van der Waals surface area contributed by atoms with Gasteiger partial charge >= 0.3 is 0 Å². The van der Waals surface area contributed by atoms with E-state index in [2.05, 4.69) is 5.32 Å². The minimum Gasteiger partial charge on any atom is -0.349 e. The lowest BCUT2D eigenvalue weighted by Gasteiger charge is -2.23. The number of fused-ring (bicyclic) bond motifs is 1. The van der Waals surface area contributed by atoms with Crippen molar-refractivity contribution in [3.63, 3.8) is 0 Å². The molecule has 2 amide bonds. The van der Waals surface area contributed by atoms with E-state index in [1.54, 1.807) is 29.2 Å². The normalized spacial score (nSPS) is 17.5. The van der Waals surface area contributed by atoms with Crippen molar-refractivity contribution in [2.24, 2.45) is 0 Å². The molecule has 0 aromatic heterocycles. The Morgan fingerprint density at radius 3 is 2.36 bits per heavy atom. The predicted molar refractivity (Wildman–Crippen MR) is 126 cm³/mol. The molecule has 3 aliphatic carbocycles. The predicted octanol–water partition coefficient (Wildman–Crippen LogP) is 3.42. The van der Waals surface area contributed by atoms with E-state index in [4.69, 9.17) is 0 Å². The van der Waals surface area contributed by atoms with Crippen molar-refractivity contribution in [1.82, 2.24) is 10.2 Å². The fourth-order valence-electron chi connectivity index (χ4n) is 4.49. The maximum absolute atomic E-state index is 13.0. The zero-order chi connectivity index (χ0) is 23.0. The van der Waals surface area contributed by atoms with Crippen LogP contribution < -0.4 is 5.32 Å². The highest BCUT2D eigenvalue weighted by Crippen LogP contribution is 2.30. The van der Waals surface area contributed by atoms with E-state index in [0.29, 0.717) is 23.0 Å². The van der Waals surface area contributed by atoms with Gasteiger partial charge in [-0.1, -0.05) is 18.2 Å². The largest absolute Gasteiger partial charge is 0.349 e. The Morgan fingerprint density at radius 1 is 0.939 bits per heavy atom. The maximum Gasteiger partial charge on any atom is 0.251 e. The van der Waals surface area contributed by atoms with Crippen molar-refractivity contribution in [2.75, 3.05) is 5.75 Å². The van der Waals surface area contributed by atoms with E-state index in [9.17, 15) is 18.0 Å². The molecule has 7 heteroatoms. The van der Waals surface area contributed by atoms with Crippen LogP contribution in [-0.4, -0.2) is 43.0 Å². The molecule has 2 aromatic carbocycles. The minimum atomic E-state index is -3.50. The molecule has 5 rings (SSSR count). The molecule has 33 heavy (non-hydrogen) atoms. The first kappa shape index (κ1) is 22.1. The molecule has 6 nitrogen and oxygen atoms in total. The van der Waals surface area contributed by atoms with Gasteiger partial charge in [-0.3, -0.25) is 9.59 Å². The molecule has 2 aromatic rings. The van der Waals surface area contributed by atoms with Crippen molar-refractivity contribution < 1.29 is 18.0 Å². The third-order valence-corrected chi connectivity index (χ3v) is 8.52. The molecule has 0 heterocycles. The SMILES string of the molecule is O=C(NC1CC1)c1ccc(CN(C(=O)CCS(=O)(=O)c2ccc3c(c2)CCC3)C2CC2)cc1. The van der Waals surface area contributed by atoms with Crippen molar-refractivity contribution in [3.8, 4) is 0 Å². The van der Waals surface area contributed by atoms with Crippen LogP contribution in [0.2, 0.25) is 0 Å². The average Bonchev–Trinajstić information content (AvgIpc) is 3.75. The first-order valence-corrected chi connectivity index (χ1v) is 13.6. The van der Waals surface area contributed by atoms with Crippen molar-refractivity contribution >= 4 is 21.7 Å². The highest BCUT2D eigenvalue weighted by atomic mass is 32.2. The first-order valence-electron chi connectivity index (χ1n) is 11.9. The van der Waals surface area contributed by atoms with E-state index < -0.39 is 9.84 Å². The molecule has 0 spiro atoms. The van der Waals surface area contributed by atoms with Gasteiger partial charge in [0.15, 0.2) is 9.84 Å². The lowest BCUT2D eigenvalue weighted by atomic mass is 10.1. The fourth-order valence-corrected chi connectivity index (χ4v) is 5.76. The summed E-state index contributed by atoms with van der Waals surface area (Å²) < 4.78 is 25.8. The number of aryl methyl sites for hydroxylation is 2. The van der Waals surface area contributed by atoms with Crippen LogP contribution in [0.5, 0.6) is 0 Å². The van der Waals surface area contributed by atoms with Crippen LogP contribution in [0.15, 0.2) is 47.4 Å². The van der Waals surface area contributed by atoms with Crippen molar-refractivity contribution in [2.45, 2.75) is 74.9 Å². The molecule has 0 atom stereocenters. The molecule has 0 radical (unpaired) electrons. The van der Waals surface area contributed by atoms with Gasteiger partial charge in [0, 0.05) is 30.6 Å².